The largest absolute Gasteiger partial charge is 0.464 e. The van der Waals surface area contributed by atoms with Crippen molar-refractivity contribution in [3.63, 3.8) is 0 Å². The molecule has 0 saturated heterocycles. The van der Waals surface area contributed by atoms with Gasteiger partial charge in [-0.15, -0.1) is 0 Å². The van der Waals surface area contributed by atoms with Crippen molar-refractivity contribution in [2.24, 2.45) is 5.73 Å². The lowest BCUT2D eigenvalue weighted by molar-refractivity contribution is -0.123. The maximum absolute atomic E-state index is 14.1. The van der Waals surface area contributed by atoms with Crippen molar-refractivity contribution in [2.45, 2.75) is 65.0 Å². The molecule has 0 spiro atoms. The van der Waals surface area contributed by atoms with E-state index in [4.69, 9.17) is 15.9 Å². The predicted molar refractivity (Wildman–Crippen MR) is 139 cm³/mol. The molecule has 3 aromatic rings. The molecule has 0 radical (unpaired) electrons. The first-order chi connectivity index (χ1) is 17.2. The number of anilines is 2. The number of carbonyl (C=O) groups is 3. The number of primary amides is 1. The highest BCUT2D eigenvalue weighted by molar-refractivity contribution is 7.09. The molecule has 1 aliphatic carbocycles. The Kier molecular flexibility index (Phi) is 7.44. The normalized spacial score (nSPS) is 14.9. The molecule has 190 valence electrons. The zero-order chi connectivity index (χ0) is 26.0. The Balaban J connectivity index is 1.86. The summed E-state index contributed by atoms with van der Waals surface area (Å²) in [5.74, 6) is -0.794. The number of rotatable bonds is 7. The number of hydrogen-bond acceptors (Lipinski definition) is 7. The Morgan fingerprint density at radius 1 is 1.11 bits per heavy atom. The topological polar surface area (TPSA) is 145 Å². The first-order valence-electron chi connectivity index (χ1n) is 12.0. The van der Waals surface area contributed by atoms with Crippen LogP contribution >= 0.6 is 11.5 Å². The van der Waals surface area contributed by atoms with E-state index in [0.29, 0.717) is 17.2 Å². The Labute approximate surface area is 214 Å². The van der Waals surface area contributed by atoms with E-state index in [1.807, 2.05) is 26.0 Å². The highest BCUT2D eigenvalue weighted by atomic mass is 32.1. The van der Waals surface area contributed by atoms with Gasteiger partial charge in [-0.3, -0.25) is 19.3 Å². The fourth-order valence-electron chi connectivity index (χ4n) is 4.60. The maximum atomic E-state index is 14.1. The molecule has 0 aliphatic heterocycles. The van der Waals surface area contributed by atoms with Gasteiger partial charge in [0, 0.05) is 11.7 Å². The first kappa shape index (κ1) is 25.4. The average molecular weight is 510 g/mol. The zero-order valence-corrected chi connectivity index (χ0v) is 21.5. The zero-order valence-electron chi connectivity index (χ0n) is 20.7. The number of furan rings is 1. The van der Waals surface area contributed by atoms with Gasteiger partial charge < -0.3 is 21.2 Å². The standard InChI is InChI=1S/C26H31N5O4S/c1-14-8-7-11-18(16(14)3)31(26(34)23-20(27)21(24(28)32)30-36-23)22(19-13-12-15(2)35-19)25(33)29-17-9-5-4-6-10-17/h7-8,11-13,17,22H,4-6,9-10,27H2,1-3H3,(H2,28,32)(H,29,33)/t22-/m1/s1. The van der Waals surface area contributed by atoms with Crippen LogP contribution in [0.5, 0.6) is 0 Å². The van der Waals surface area contributed by atoms with Crippen LogP contribution in [-0.4, -0.2) is 28.1 Å². The van der Waals surface area contributed by atoms with E-state index in [1.54, 1.807) is 25.1 Å². The molecule has 0 bridgehead atoms. The molecule has 4 rings (SSSR count). The van der Waals surface area contributed by atoms with Crippen LogP contribution in [0.25, 0.3) is 0 Å². The quantitative estimate of drug-likeness (QED) is 0.436. The number of amides is 3. The van der Waals surface area contributed by atoms with E-state index in [2.05, 4.69) is 9.69 Å². The molecule has 1 fully saturated rings. The van der Waals surface area contributed by atoms with E-state index in [1.165, 1.54) is 4.90 Å². The molecule has 2 aromatic heterocycles. The van der Waals surface area contributed by atoms with Gasteiger partial charge in [-0.25, -0.2) is 0 Å². The first-order valence-corrected chi connectivity index (χ1v) is 12.8. The predicted octanol–water partition coefficient (Wildman–Crippen LogP) is 4.18. The minimum atomic E-state index is -1.10. The number of nitrogens with zero attached hydrogens (tertiary/aromatic N) is 2. The van der Waals surface area contributed by atoms with Crippen LogP contribution in [0.2, 0.25) is 0 Å². The summed E-state index contributed by atoms with van der Waals surface area (Å²) in [7, 11) is 0. The van der Waals surface area contributed by atoms with Crippen LogP contribution < -0.4 is 21.7 Å². The van der Waals surface area contributed by atoms with Gasteiger partial charge in [0.1, 0.15) is 16.4 Å². The lowest BCUT2D eigenvalue weighted by Crippen LogP contribution is -2.47. The summed E-state index contributed by atoms with van der Waals surface area (Å²) < 4.78 is 9.91. The van der Waals surface area contributed by atoms with Crippen LogP contribution in [0.4, 0.5) is 11.4 Å². The molecule has 1 aliphatic rings. The molecular formula is C26H31N5O4S. The summed E-state index contributed by atoms with van der Waals surface area (Å²) >= 11 is 0.781. The Hall–Kier alpha value is -3.66. The third kappa shape index (κ3) is 4.99. The van der Waals surface area contributed by atoms with Gasteiger partial charge in [0.25, 0.3) is 17.7 Å². The summed E-state index contributed by atoms with van der Waals surface area (Å²) in [6.07, 6.45) is 5.01. The smallest absolute Gasteiger partial charge is 0.273 e. The van der Waals surface area contributed by atoms with Crippen molar-refractivity contribution in [2.75, 3.05) is 10.6 Å². The molecule has 0 unspecified atom stereocenters. The van der Waals surface area contributed by atoms with E-state index in [-0.39, 0.29) is 28.2 Å². The second-order valence-corrected chi connectivity index (χ2v) is 10.0. The second-order valence-electron chi connectivity index (χ2n) is 9.23. The van der Waals surface area contributed by atoms with Crippen molar-refractivity contribution < 1.29 is 18.8 Å². The number of nitrogens with two attached hydrogens (primary N) is 2. The molecule has 5 N–H and O–H groups in total. The van der Waals surface area contributed by atoms with Gasteiger partial charge >= 0.3 is 0 Å². The molecular weight excluding hydrogens is 478 g/mol. The molecule has 3 amide bonds. The van der Waals surface area contributed by atoms with Crippen molar-refractivity contribution in [3.05, 3.63) is 63.6 Å². The van der Waals surface area contributed by atoms with Crippen molar-refractivity contribution >= 4 is 40.6 Å². The number of carbonyl (C=O) groups excluding carboxylic acids is 3. The molecule has 1 atom stereocenters. The fourth-order valence-corrected chi connectivity index (χ4v) is 5.34. The summed E-state index contributed by atoms with van der Waals surface area (Å²) in [5, 5.41) is 3.14. The van der Waals surface area contributed by atoms with Gasteiger partial charge in [0.2, 0.25) is 0 Å². The lowest BCUT2D eigenvalue weighted by atomic mass is 9.95. The Morgan fingerprint density at radius 2 is 1.83 bits per heavy atom. The SMILES string of the molecule is Cc1ccc([C@H](C(=O)NC2CCCCC2)N(C(=O)c2snc(C(N)=O)c2N)c2cccc(C)c2C)o1. The number of nitrogens with one attached hydrogen (secondary N) is 1. The monoisotopic (exact) mass is 509 g/mol. The van der Waals surface area contributed by atoms with E-state index in [9.17, 15) is 14.4 Å². The number of aromatic nitrogens is 1. The van der Waals surface area contributed by atoms with Crippen LogP contribution in [0.3, 0.4) is 0 Å². The van der Waals surface area contributed by atoms with Gasteiger partial charge in [-0.05, 0) is 74.5 Å². The van der Waals surface area contributed by atoms with Crippen molar-refractivity contribution in [3.8, 4) is 0 Å². The molecule has 2 heterocycles. The van der Waals surface area contributed by atoms with Crippen molar-refractivity contribution in [1.82, 2.24) is 9.69 Å². The summed E-state index contributed by atoms with van der Waals surface area (Å²) in [6, 6.07) is 7.92. The molecule has 10 heteroatoms. The Bertz CT molecular complexity index is 1290. The minimum absolute atomic E-state index is 0.0234. The average Bonchev–Trinajstić information content (AvgIpc) is 3.45. The van der Waals surface area contributed by atoms with Gasteiger partial charge in [-0.2, -0.15) is 4.37 Å². The minimum Gasteiger partial charge on any atom is -0.464 e. The lowest BCUT2D eigenvalue weighted by Gasteiger charge is -2.33. The van der Waals surface area contributed by atoms with Crippen molar-refractivity contribution in [1.29, 1.82) is 0 Å². The van der Waals surface area contributed by atoms with E-state index >= 15 is 0 Å². The third-order valence-corrected chi connectivity index (χ3v) is 7.55. The highest BCUT2D eigenvalue weighted by Crippen LogP contribution is 2.36. The number of hydrogen-bond donors (Lipinski definition) is 3. The fraction of sp³-hybridized carbons (Fsp3) is 0.385. The molecule has 36 heavy (non-hydrogen) atoms. The molecule has 9 nitrogen and oxygen atoms in total. The van der Waals surface area contributed by atoms with Crippen LogP contribution in [0.1, 0.15) is 81.0 Å². The molecule has 1 saturated carbocycles. The second kappa shape index (κ2) is 10.5. The number of benzene rings is 1. The van der Waals surface area contributed by atoms with Gasteiger partial charge in [-0.1, -0.05) is 31.4 Å². The molecule has 1 aromatic carbocycles. The van der Waals surface area contributed by atoms with Gasteiger partial charge in [0.05, 0.1) is 5.69 Å². The summed E-state index contributed by atoms with van der Waals surface area (Å²) in [5.41, 5.74) is 13.6. The number of aryl methyl sites for hydroxylation is 2. The maximum Gasteiger partial charge on any atom is 0.273 e. The third-order valence-electron chi connectivity index (χ3n) is 6.70. The van der Waals surface area contributed by atoms with E-state index in [0.717, 1.165) is 54.8 Å². The van der Waals surface area contributed by atoms with Crippen LogP contribution in [-0.2, 0) is 4.79 Å². The summed E-state index contributed by atoms with van der Waals surface area (Å²) in [6.45, 7) is 5.60. The number of nitrogen functional groups attached to an aromatic ring is 1. The van der Waals surface area contributed by atoms with Crippen LogP contribution in [0.15, 0.2) is 34.7 Å². The van der Waals surface area contributed by atoms with Gasteiger partial charge in [0.15, 0.2) is 11.7 Å². The summed E-state index contributed by atoms with van der Waals surface area (Å²) in [4.78, 5) is 41.2. The highest BCUT2D eigenvalue weighted by Gasteiger charge is 2.39. The van der Waals surface area contributed by atoms with Crippen LogP contribution in [0, 0.1) is 20.8 Å². The van der Waals surface area contributed by atoms with E-state index < -0.39 is 17.9 Å². The Morgan fingerprint density at radius 3 is 2.44 bits per heavy atom.